The molecule has 4 aliphatic rings. The summed E-state index contributed by atoms with van der Waals surface area (Å²) in [5.74, 6) is 2.94. The smallest absolute Gasteiger partial charge is 0.0446 e. The van der Waals surface area contributed by atoms with E-state index in [1.807, 2.05) is 0 Å². The molecule has 4 rings (SSSR count). The van der Waals surface area contributed by atoms with E-state index in [0.29, 0.717) is 6.61 Å². The molecule has 4 bridgehead atoms. The molecule has 0 spiro atoms. The lowest BCUT2D eigenvalue weighted by Gasteiger charge is -2.56. The predicted molar refractivity (Wildman–Crippen MR) is 51.4 cm³/mol. The first-order valence-corrected chi connectivity index (χ1v) is 5.71. The van der Waals surface area contributed by atoms with Crippen LogP contribution >= 0.6 is 0 Å². The molecule has 0 amide bonds. The largest absolute Gasteiger partial charge is 0.396 e. The van der Waals surface area contributed by atoms with Crippen molar-refractivity contribution in [2.24, 2.45) is 17.8 Å². The fourth-order valence-electron chi connectivity index (χ4n) is 4.09. The van der Waals surface area contributed by atoms with E-state index in [1.54, 1.807) is 0 Å². The van der Waals surface area contributed by atoms with Crippen LogP contribution in [0.25, 0.3) is 0 Å². The lowest BCUT2D eigenvalue weighted by molar-refractivity contribution is -0.0708. The standard InChI is InChI=1S/C11H19NO/c13-2-1-11-10-4-8-3-9(5-10)7-12(11)6-8/h8-11,13H,1-7H2. The zero-order valence-corrected chi connectivity index (χ0v) is 8.15. The van der Waals surface area contributed by atoms with E-state index in [0.717, 1.165) is 30.2 Å². The zero-order chi connectivity index (χ0) is 8.84. The molecule has 13 heavy (non-hydrogen) atoms. The van der Waals surface area contributed by atoms with Crippen molar-refractivity contribution in [1.82, 2.24) is 4.90 Å². The summed E-state index contributed by atoms with van der Waals surface area (Å²) < 4.78 is 0. The van der Waals surface area contributed by atoms with E-state index in [9.17, 15) is 0 Å². The fraction of sp³-hybridized carbons (Fsp3) is 1.00. The van der Waals surface area contributed by atoms with Crippen LogP contribution in [0.3, 0.4) is 0 Å². The van der Waals surface area contributed by atoms with Crippen LogP contribution in [0.4, 0.5) is 0 Å². The summed E-state index contributed by atoms with van der Waals surface area (Å²) in [5.41, 5.74) is 0. The monoisotopic (exact) mass is 181 g/mol. The van der Waals surface area contributed by atoms with Gasteiger partial charge < -0.3 is 5.11 Å². The highest BCUT2D eigenvalue weighted by Gasteiger charge is 2.46. The summed E-state index contributed by atoms with van der Waals surface area (Å²) >= 11 is 0. The van der Waals surface area contributed by atoms with E-state index in [-0.39, 0.29) is 0 Å². The molecule has 3 aliphatic heterocycles. The third kappa shape index (κ3) is 1.23. The number of aliphatic hydroxyl groups is 1. The van der Waals surface area contributed by atoms with Crippen LogP contribution in [0.5, 0.6) is 0 Å². The molecule has 1 N–H and O–H groups in total. The maximum atomic E-state index is 9.02. The van der Waals surface area contributed by atoms with Gasteiger partial charge in [0.15, 0.2) is 0 Å². The number of piperidine rings is 3. The number of hydrogen-bond donors (Lipinski definition) is 1. The topological polar surface area (TPSA) is 23.5 Å². The summed E-state index contributed by atoms with van der Waals surface area (Å²) in [7, 11) is 0. The number of nitrogens with zero attached hydrogens (tertiary/aromatic N) is 1. The SMILES string of the molecule is OCCC1C2CC3CC(C2)CN1C3. The molecule has 2 heteroatoms. The molecule has 4 fully saturated rings. The van der Waals surface area contributed by atoms with Crippen LogP contribution in [-0.4, -0.2) is 35.7 Å². The van der Waals surface area contributed by atoms with Gasteiger partial charge in [-0.25, -0.2) is 0 Å². The van der Waals surface area contributed by atoms with Crippen molar-refractivity contribution in [3.8, 4) is 0 Å². The highest BCUT2D eigenvalue weighted by atomic mass is 16.3. The van der Waals surface area contributed by atoms with Gasteiger partial charge in [0, 0.05) is 25.7 Å². The molecule has 0 aromatic carbocycles. The molecule has 3 heterocycles. The molecular formula is C11H19NO. The van der Waals surface area contributed by atoms with E-state index >= 15 is 0 Å². The summed E-state index contributed by atoms with van der Waals surface area (Å²) in [5, 5.41) is 9.02. The molecule has 3 atom stereocenters. The average molecular weight is 181 g/mol. The molecule has 2 nitrogen and oxygen atoms in total. The molecule has 74 valence electrons. The number of aliphatic hydroxyl groups excluding tert-OH is 1. The first-order valence-electron chi connectivity index (χ1n) is 5.71. The van der Waals surface area contributed by atoms with Crippen LogP contribution in [0.1, 0.15) is 25.7 Å². The van der Waals surface area contributed by atoms with E-state index in [1.165, 1.54) is 32.4 Å². The van der Waals surface area contributed by atoms with Crippen molar-refractivity contribution in [2.45, 2.75) is 31.7 Å². The zero-order valence-electron chi connectivity index (χ0n) is 8.15. The first-order chi connectivity index (χ1) is 6.36. The van der Waals surface area contributed by atoms with Gasteiger partial charge in [-0.1, -0.05) is 0 Å². The second kappa shape index (κ2) is 2.96. The third-order valence-corrected chi connectivity index (χ3v) is 4.36. The Bertz CT molecular complexity index is 176. The Kier molecular flexibility index (Phi) is 1.88. The van der Waals surface area contributed by atoms with E-state index in [2.05, 4.69) is 4.90 Å². The van der Waals surface area contributed by atoms with Crippen molar-refractivity contribution >= 4 is 0 Å². The van der Waals surface area contributed by atoms with Gasteiger partial charge in [0.25, 0.3) is 0 Å². The molecule has 3 unspecified atom stereocenters. The minimum absolute atomic E-state index is 0.382. The summed E-state index contributed by atoms with van der Waals surface area (Å²) in [6.07, 6.45) is 5.43. The van der Waals surface area contributed by atoms with Crippen molar-refractivity contribution in [1.29, 1.82) is 0 Å². The second-order valence-corrected chi connectivity index (χ2v) is 5.23. The van der Waals surface area contributed by atoms with Crippen LogP contribution in [-0.2, 0) is 0 Å². The second-order valence-electron chi connectivity index (χ2n) is 5.23. The van der Waals surface area contributed by atoms with Gasteiger partial charge in [-0.05, 0) is 43.4 Å². The van der Waals surface area contributed by atoms with Crippen molar-refractivity contribution in [3.05, 3.63) is 0 Å². The summed E-state index contributed by atoms with van der Waals surface area (Å²) in [6, 6.07) is 0.734. The van der Waals surface area contributed by atoms with Gasteiger partial charge in [-0.2, -0.15) is 0 Å². The molecular weight excluding hydrogens is 162 g/mol. The van der Waals surface area contributed by atoms with E-state index in [4.69, 9.17) is 5.11 Å². The summed E-state index contributed by atoms with van der Waals surface area (Å²) in [4.78, 5) is 2.66. The Balaban J connectivity index is 1.77. The van der Waals surface area contributed by atoms with Crippen LogP contribution < -0.4 is 0 Å². The van der Waals surface area contributed by atoms with Crippen molar-refractivity contribution in [3.63, 3.8) is 0 Å². The maximum Gasteiger partial charge on any atom is 0.0446 e. The van der Waals surface area contributed by atoms with Gasteiger partial charge in [0.2, 0.25) is 0 Å². The molecule has 1 saturated carbocycles. The normalized spacial score (nSPS) is 52.8. The first kappa shape index (κ1) is 8.25. The van der Waals surface area contributed by atoms with E-state index < -0.39 is 0 Å². The Hall–Kier alpha value is -0.0800. The lowest BCUT2D eigenvalue weighted by Crippen LogP contribution is -2.59. The van der Waals surface area contributed by atoms with Crippen LogP contribution in [0.15, 0.2) is 0 Å². The summed E-state index contributed by atoms with van der Waals surface area (Å²) in [6.45, 7) is 3.04. The fourth-order valence-corrected chi connectivity index (χ4v) is 4.09. The van der Waals surface area contributed by atoms with Gasteiger partial charge >= 0.3 is 0 Å². The maximum absolute atomic E-state index is 9.02. The predicted octanol–water partition coefficient (Wildman–Crippen LogP) is 1.10. The minimum atomic E-state index is 0.382. The Morgan fingerprint density at radius 1 is 1.08 bits per heavy atom. The van der Waals surface area contributed by atoms with Gasteiger partial charge in [0.05, 0.1) is 0 Å². The lowest BCUT2D eigenvalue weighted by atomic mass is 9.64. The average Bonchev–Trinajstić information content (AvgIpc) is 2.10. The van der Waals surface area contributed by atoms with Crippen LogP contribution in [0, 0.1) is 17.8 Å². The van der Waals surface area contributed by atoms with Gasteiger partial charge in [0.1, 0.15) is 0 Å². The Labute approximate surface area is 79.9 Å². The molecule has 1 aliphatic carbocycles. The highest BCUT2D eigenvalue weighted by molar-refractivity contribution is 4.99. The number of rotatable bonds is 2. The molecule has 0 aromatic heterocycles. The minimum Gasteiger partial charge on any atom is -0.396 e. The number of hydrogen-bond acceptors (Lipinski definition) is 2. The quantitative estimate of drug-likeness (QED) is 0.689. The van der Waals surface area contributed by atoms with Gasteiger partial charge in [-0.15, -0.1) is 0 Å². The highest BCUT2D eigenvalue weighted by Crippen LogP contribution is 2.47. The molecule has 0 radical (unpaired) electrons. The van der Waals surface area contributed by atoms with Crippen molar-refractivity contribution in [2.75, 3.05) is 19.7 Å². The van der Waals surface area contributed by atoms with Crippen molar-refractivity contribution < 1.29 is 5.11 Å². The van der Waals surface area contributed by atoms with Crippen LogP contribution in [0.2, 0.25) is 0 Å². The third-order valence-electron chi connectivity index (χ3n) is 4.36. The Morgan fingerprint density at radius 3 is 2.31 bits per heavy atom. The molecule has 0 aromatic rings. The molecule has 3 saturated heterocycles. The Morgan fingerprint density at radius 2 is 1.77 bits per heavy atom. The van der Waals surface area contributed by atoms with Gasteiger partial charge in [-0.3, -0.25) is 4.90 Å².